The maximum atomic E-state index is 11.9. The molecule has 0 radical (unpaired) electrons. The van der Waals surface area contributed by atoms with Gasteiger partial charge in [0.25, 0.3) is 0 Å². The minimum Gasteiger partial charge on any atom is -0.377 e. The summed E-state index contributed by atoms with van der Waals surface area (Å²) < 4.78 is 6.11. The topological polar surface area (TPSA) is 78.0 Å². The number of fused-ring (bicyclic) bond motifs is 2. The Morgan fingerprint density at radius 2 is 1.90 bits per heavy atom. The molecule has 3 unspecified atom stereocenters. The summed E-state index contributed by atoms with van der Waals surface area (Å²) in [6.07, 6.45) is 9.99. The Hall–Kier alpha value is -0.610. The van der Waals surface area contributed by atoms with Crippen LogP contribution >= 0.6 is 24.0 Å². The minimum absolute atomic E-state index is 0. The maximum Gasteiger partial charge on any atom is 0.234 e. The summed E-state index contributed by atoms with van der Waals surface area (Å²) in [5.41, 5.74) is 0.341. The van der Waals surface area contributed by atoms with E-state index in [0.29, 0.717) is 36.1 Å². The molecule has 3 atom stereocenters. The SMILES string of the molecule is CCCNC(=O)CN1CCC(NC(=NC)NC2C3CCOC3C23CCCC3)CC1.I. The van der Waals surface area contributed by atoms with Gasteiger partial charge in [0.05, 0.1) is 12.6 Å². The van der Waals surface area contributed by atoms with E-state index < -0.39 is 0 Å². The summed E-state index contributed by atoms with van der Waals surface area (Å²) in [5, 5.41) is 10.4. The van der Waals surface area contributed by atoms with Gasteiger partial charge in [-0.15, -0.1) is 24.0 Å². The number of guanidine groups is 1. The first kappa shape index (κ1) is 24.0. The molecule has 4 rings (SSSR count). The number of hydrogen-bond donors (Lipinski definition) is 3. The number of hydrogen-bond acceptors (Lipinski definition) is 4. The number of halogens is 1. The molecule has 0 aromatic heterocycles. The fourth-order valence-corrected chi connectivity index (χ4v) is 6.17. The molecule has 172 valence electrons. The molecule has 3 N–H and O–H groups in total. The van der Waals surface area contributed by atoms with Crippen LogP contribution in [0.15, 0.2) is 4.99 Å². The van der Waals surface area contributed by atoms with Crippen molar-refractivity contribution in [2.75, 3.05) is 39.8 Å². The normalized spacial score (nSPS) is 31.0. The maximum absolute atomic E-state index is 11.9. The highest BCUT2D eigenvalue weighted by Gasteiger charge is 2.65. The van der Waals surface area contributed by atoms with Gasteiger partial charge in [-0.25, -0.2) is 0 Å². The Kier molecular flexibility index (Phi) is 8.66. The van der Waals surface area contributed by atoms with Gasteiger partial charge >= 0.3 is 0 Å². The predicted molar refractivity (Wildman–Crippen MR) is 130 cm³/mol. The second kappa shape index (κ2) is 10.8. The van der Waals surface area contributed by atoms with Gasteiger partial charge in [-0.3, -0.25) is 14.7 Å². The Morgan fingerprint density at radius 3 is 2.57 bits per heavy atom. The van der Waals surface area contributed by atoms with Gasteiger partial charge in [0.1, 0.15) is 0 Å². The molecule has 1 spiro atoms. The van der Waals surface area contributed by atoms with E-state index in [1.165, 1.54) is 32.1 Å². The van der Waals surface area contributed by atoms with Crippen LogP contribution in [-0.4, -0.2) is 74.8 Å². The van der Waals surface area contributed by atoms with Crippen LogP contribution in [0.3, 0.4) is 0 Å². The van der Waals surface area contributed by atoms with Gasteiger partial charge in [0.15, 0.2) is 5.96 Å². The molecule has 0 bridgehead atoms. The van der Waals surface area contributed by atoms with Crippen LogP contribution in [0.4, 0.5) is 0 Å². The van der Waals surface area contributed by atoms with E-state index >= 15 is 0 Å². The lowest BCUT2D eigenvalue weighted by Crippen LogP contribution is -2.69. The molecular formula is C22H40IN5O2. The Labute approximate surface area is 198 Å². The summed E-state index contributed by atoms with van der Waals surface area (Å²) in [7, 11) is 1.88. The van der Waals surface area contributed by atoms with Crippen LogP contribution in [0.5, 0.6) is 0 Å². The molecule has 0 aromatic carbocycles. The molecule has 7 nitrogen and oxygen atoms in total. The number of rotatable bonds is 6. The third-order valence-electron chi connectivity index (χ3n) is 7.67. The van der Waals surface area contributed by atoms with E-state index in [0.717, 1.165) is 51.5 Å². The van der Waals surface area contributed by atoms with Crippen molar-refractivity contribution in [1.29, 1.82) is 0 Å². The van der Waals surface area contributed by atoms with Gasteiger partial charge in [0.2, 0.25) is 5.91 Å². The quantitative estimate of drug-likeness (QED) is 0.277. The van der Waals surface area contributed by atoms with Crippen molar-refractivity contribution in [2.24, 2.45) is 16.3 Å². The molecule has 30 heavy (non-hydrogen) atoms. The highest BCUT2D eigenvalue weighted by Crippen LogP contribution is 2.60. The highest BCUT2D eigenvalue weighted by atomic mass is 127. The first-order chi connectivity index (χ1) is 14.2. The molecule has 1 amide bonds. The van der Waals surface area contributed by atoms with E-state index in [1.807, 2.05) is 7.05 Å². The van der Waals surface area contributed by atoms with Crippen LogP contribution in [0, 0.1) is 11.3 Å². The highest BCUT2D eigenvalue weighted by molar-refractivity contribution is 14.0. The summed E-state index contributed by atoms with van der Waals surface area (Å²) >= 11 is 0. The fourth-order valence-electron chi connectivity index (χ4n) is 6.17. The number of aliphatic imine (C=N–C) groups is 1. The first-order valence-corrected chi connectivity index (χ1v) is 11.8. The number of nitrogens with zero attached hydrogens (tertiary/aromatic N) is 2. The fraction of sp³-hybridized carbons (Fsp3) is 0.909. The van der Waals surface area contributed by atoms with Crippen molar-refractivity contribution in [1.82, 2.24) is 20.9 Å². The number of likely N-dealkylation sites (tertiary alicyclic amines) is 1. The number of carbonyl (C=O) groups excluding carboxylic acids is 1. The lowest BCUT2D eigenvalue weighted by atomic mass is 9.54. The second-order valence-corrected chi connectivity index (χ2v) is 9.42. The monoisotopic (exact) mass is 533 g/mol. The van der Waals surface area contributed by atoms with Crippen molar-refractivity contribution >= 4 is 35.8 Å². The predicted octanol–water partition coefficient (Wildman–Crippen LogP) is 2.11. The van der Waals surface area contributed by atoms with Gasteiger partial charge in [0, 0.05) is 56.7 Å². The van der Waals surface area contributed by atoms with Crippen molar-refractivity contribution in [3.63, 3.8) is 0 Å². The molecule has 4 aliphatic rings. The van der Waals surface area contributed by atoms with Crippen molar-refractivity contribution in [2.45, 2.75) is 76.5 Å². The van der Waals surface area contributed by atoms with Gasteiger partial charge in [-0.2, -0.15) is 0 Å². The molecule has 8 heteroatoms. The number of amides is 1. The van der Waals surface area contributed by atoms with E-state index in [2.05, 4.69) is 32.8 Å². The molecule has 2 saturated carbocycles. The number of carbonyl (C=O) groups is 1. The second-order valence-electron chi connectivity index (χ2n) is 9.42. The molecule has 2 aliphatic carbocycles. The van der Waals surface area contributed by atoms with E-state index in [1.54, 1.807) is 0 Å². The summed E-state index contributed by atoms with van der Waals surface area (Å²) in [4.78, 5) is 18.8. The van der Waals surface area contributed by atoms with Crippen molar-refractivity contribution in [3.05, 3.63) is 0 Å². The Balaban J connectivity index is 0.00000256. The molecule has 2 saturated heterocycles. The number of piperidine rings is 1. The van der Waals surface area contributed by atoms with E-state index in [-0.39, 0.29) is 29.9 Å². The number of nitrogens with one attached hydrogen (secondary N) is 3. The van der Waals surface area contributed by atoms with E-state index in [4.69, 9.17) is 4.74 Å². The average Bonchev–Trinajstić information content (AvgIpc) is 3.40. The average molecular weight is 533 g/mol. The lowest BCUT2D eigenvalue weighted by Gasteiger charge is -2.57. The minimum atomic E-state index is 0. The van der Waals surface area contributed by atoms with Gasteiger partial charge < -0.3 is 20.7 Å². The van der Waals surface area contributed by atoms with Crippen LogP contribution in [-0.2, 0) is 9.53 Å². The van der Waals surface area contributed by atoms with Gasteiger partial charge in [-0.05, 0) is 38.5 Å². The molecule has 0 aromatic rings. The summed E-state index contributed by atoms with van der Waals surface area (Å²) in [6, 6.07) is 0.928. The van der Waals surface area contributed by atoms with E-state index in [9.17, 15) is 4.79 Å². The largest absolute Gasteiger partial charge is 0.377 e. The van der Waals surface area contributed by atoms with Crippen molar-refractivity contribution in [3.8, 4) is 0 Å². The zero-order valence-electron chi connectivity index (χ0n) is 18.6. The molecular weight excluding hydrogens is 493 g/mol. The molecule has 2 heterocycles. The van der Waals surface area contributed by atoms with Crippen LogP contribution < -0.4 is 16.0 Å². The first-order valence-electron chi connectivity index (χ1n) is 11.8. The van der Waals surface area contributed by atoms with Crippen molar-refractivity contribution < 1.29 is 9.53 Å². The molecule has 4 fully saturated rings. The zero-order chi connectivity index (χ0) is 20.3. The van der Waals surface area contributed by atoms with Gasteiger partial charge in [-0.1, -0.05) is 19.8 Å². The van der Waals surface area contributed by atoms with Crippen LogP contribution in [0.25, 0.3) is 0 Å². The number of ether oxygens (including phenoxy) is 1. The Bertz CT molecular complexity index is 602. The van der Waals surface area contributed by atoms with Crippen LogP contribution in [0.2, 0.25) is 0 Å². The Morgan fingerprint density at radius 1 is 1.17 bits per heavy atom. The third kappa shape index (κ3) is 4.90. The smallest absolute Gasteiger partial charge is 0.234 e. The summed E-state index contributed by atoms with van der Waals surface area (Å²) in [6.45, 7) is 6.21. The summed E-state index contributed by atoms with van der Waals surface area (Å²) in [5.74, 6) is 1.75. The standard InChI is InChI=1S/C22H39N5O2.HI/c1-3-11-24-18(28)15-27-12-6-16(7-13-27)25-21(23-2)26-19-17-8-14-29-20(17)22(19)9-4-5-10-22;/h16-17,19-20H,3-15H2,1-2H3,(H,24,28)(H2,23,25,26);1H. The lowest BCUT2D eigenvalue weighted by molar-refractivity contribution is -0.125. The zero-order valence-corrected chi connectivity index (χ0v) is 21.0. The third-order valence-corrected chi connectivity index (χ3v) is 7.67. The molecule has 2 aliphatic heterocycles. The van der Waals surface area contributed by atoms with Crippen LogP contribution in [0.1, 0.15) is 58.3 Å².